The number of hydrogen-bond acceptors (Lipinski definition) is 19. The van der Waals surface area contributed by atoms with Gasteiger partial charge in [0.05, 0.1) is 53.8 Å². The Hall–Kier alpha value is -7.73. The minimum absolute atomic E-state index is 0.00377. The Kier molecular flexibility index (Phi) is 23.6. The fourth-order valence-corrected chi connectivity index (χ4v) is 14.6. The first-order valence-electron chi connectivity index (χ1n) is 31.1. The van der Waals surface area contributed by atoms with Gasteiger partial charge in [0.2, 0.25) is 53.2 Å². The molecule has 28 nitrogen and oxygen atoms in total. The molecule has 91 heavy (non-hydrogen) atoms. The number of aromatic amines is 1. The number of carboxylic acid groups (broad SMARTS) is 1. The van der Waals surface area contributed by atoms with Crippen molar-refractivity contribution in [2.75, 3.05) is 37.7 Å². The van der Waals surface area contributed by atoms with Gasteiger partial charge in [-0.05, 0) is 78.9 Å². The average Bonchev–Trinajstić information content (AvgIpc) is 1.88. The van der Waals surface area contributed by atoms with E-state index in [1.165, 1.54) is 16.7 Å². The van der Waals surface area contributed by atoms with Crippen LogP contribution in [0.4, 0.5) is 0 Å². The fraction of sp³-hybridized carbons (Fsp3) is 0.623. The van der Waals surface area contributed by atoms with Crippen LogP contribution in [-0.4, -0.2) is 198 Å². The van der Waals surface area contributed by atoms with Crippen molar-refractivity contribution in [2.45, 2.75) is 177 Å². The standard InChI is InChI=1S/C61H80N10O18S2/c1-5-30(3)52-56(84)63-25-46(75)64-42-29-91-58-39(23-41(54(82)62-26-47(76)67-52)65-57(85)53(31(4)6-2)68-55(83)43-22-37(73)28-69(43)59(86)35(20-44(42)74)21-51(80)81)38-19-33(11-14-40(38)66-58)18-36(72)8-7-17-90-45-24-50(79)70(60(45)87)27-32-9-12-34(13-10-32)61(88)89-71-48(77)15-16-49(71)78/h11,14,19,30-32,34-35,37,41-43,45,52-53,66,73H,5-10,12-13,15-18,20-29H2,1-4H3,(H,62,82)(H,63,84)(H,64,75)(H,65,85)(H,67,76)(H,68,83)(H,80,81)/t30-,31?,32?,34?,35-,37+,41+,42-,43-,45?,52-,53-/m0/s1. The molecule has 6 aliphatic rings. The number of Topliss-reactive ketones (excluding diaryl/α,β-unsaturated/α-hetero) is 2. The lowest BCUT2D eigenvalue weighted by atomic mass is 9.82. The van der Waals surface area contributed by atoms with E-state index in [1.807, 2.05) is 0 Å². The first kappa shape index (κ1) is 69.2. The zero-order valence-electron chi connectivity index (χ0n) is 51.3. The lowest BCUT2D eigenvalue weighted by Gasteiger charge is -2.31. The van der Waals surface area contributed by atoms with Gasteiger partial charge in [0.1, 0.15) is 30.0 Å². The molecule has 2 bridgehead atoms. The molecule has 30 heteroatoms. The molecule has 0 spiro atoms. The molecule has 2 unspecified atom stereocenters. The SMILES string of the molecule is CCC(C)[C@@H]1NC(=O)[C@@H]2C[C@@H](O)CN2C(=O)[C@H](CC(=O)O)CC(=O)[C@@H]2CSc3[nH]c4ccc(CC(=O)CCCSC5CC(=O)N(CC6CCC(C(=O)ON7C(=O)CCC7=O)CC6)C5=O)cc4c3C[C@@H](NC1=O)C(=O)NCC(=O)N[C@@H]([C@@H](C)CC)C(=O)NCC(=O)N2. The number of carboxylic acids is 1. The molecule has 4 fully saturated rings. The van der Waals surface area contributed by atoms with Crippen LogP contribution in [0.3, 0.4) is 0 Å². The quantitative estimate of drug-likeness (QED) is 0.0758. The molecule has 1 aromatic heterocycles. The summed E-state index contributed by atoms with van der Waals surface area (Å²) in [4.78, 5) is 214. The number of aliphatic carboxylic acids is 1. The molecular formula is C61H80N10O18S2. The molecule has 5 aliphatic heterocycles. The lowest BCUT2D eigenvalue weighted by molar-refractivity contribution is -0.201. The number of rotatable bonds is 17. The van der Waals surface area contributed by atoms with Gasteiger partial charge in [0.15, 0.2) is 5.78 Å². The largest absolute Gasteiger partial charge is 0.481 e. The Labute approximate surface area is 533 Å². The van der Waals surface area contributed by atoms with Crippen LogP contribution >= 0.6 is 23.5 Å². The van der Waals surface area contributed by atoms with E-state index in [2.05, 4.69) is 36.9 Å². The van der Waals surface area contributed by atoms with E-state index in [9.17, 15) is 82.1 Å². The zero-order valence-corrected chi connectivity index (χ0v) is 52.9. The van der Waals surface area contributed by atoms with Gasteiger partial charge in [-0.3, -0.25) is 72.0 Å². The molecule has 494 valence electrons. The van der Waals surface area contributed by atoms with Crippen LogP contribution in [0.15, 0.2) is 23.2 Å². The first-order chi connectivity index (χ1) is 43.3. The van der Waals surface area contributed by atoms with Gasteiger partial charge >= 0.3 is 11.9 Å². The Morgan fingerprint density at radius 3 is 2.08 bits per heavy atom. The predicted octanol–water partition coefficient (Wildman–Crippen LogP) is 0.272. The number of likely N-dealkylation sites (tertiary alicyclic amines) is 1. The number of nitrogens with zero attached hydrogens (tertiary/aromatic N) is 3. The Bertz CT molecular complexity index is 3210. The molecule has 0 radical (unpaired) electrons. The minimum Gasteiger partial charge on any atom is -0.481 e. The van der Waals surface area contributed by atoms with Crippen molar-refractivity contribution in [3.63, 3.8) is 0 Å². The van der Waals surface area contributed by atoms with Crippen molar-refractivity contribution in [1.82, 2.24) is 51.7 Å². The van der Waals surface area contributed by atoms with Crippen LogP contribution in [0.2, 0.25) is 0 Å². The van der Waals surface area contributed by atoms with Crippen molar-refractivity contribution < 1.29 is 87.0 Å². The monoisotopic (exact) mass is 1300 g/mol. The normalized spacial score (nSPS) is 27.7. The minimum atomic E-state index is -1.60. The van der Waals surface area contributed by atoms with Crippen LogP contribution < -0.4 is 31.9 Å². The Balaban J connectivity index is 1.03. The summed E-state index contributed by atoms with van der Waals surface area (Å²) in [7, 11) is 0. The maximum atomic E-state index is 14.8. The van der Waals surface area contributed by atoms with Gasteiger partial charge in [0, 0.05) is 81.1 Å². The van der Waals surface area contributed by atoms with E-state index >= 15 is 0 Å². The highest BCUT2D eigenvalue weighted by molar-refractivity contribution is 8.00. The highest BCUT2D eigenvalue weighted by Gasteiger charge is 2.46. The van der Waals surface area contributed by atoms with E-state index in [4.69, 9.17) is 4.84 Å². The average molecular weight is 1310 g/mol. The predicted molar refractivity (Wildman–Crippen MR) is 325 cm³/mol. The van der Waals surface area contributed by atoms with Crippen LogP contribution in [0.5, 0.6) is 0 Å². The maximum Gasteiger partial charge on any atom is 0.336 e. The van der Waals surface area contributed by atoms with E-state index in [-0.39, 0.29) is 80.8 Å². The summed E-state index contributed by atoms with van der Waals surface area (Å²) in [5.74, 6) is -14.0. The maximum absolute atomic E-state index is 14.8. The number of benzene rings is 1. The molecule has 2 aromatic rings. The van der Waals surface area contributed by atoms with Crippen LogP contribution in [0, 0.1) is 29.6 Å². The van der Waals surface area contributed by atoms with E-state index in [0.717, 1.165) is 16.7 Å². The first-order valence-corrected chi connectivity index (χ1v) is 33.1. The van der Waals surface area contributed by atoms with Crippen molar-refractivity contribution in [2.24, 2.45) is 29.6 Å². The third-order valence-corrected chi connectivity index (χ3v) is 20.4. The number of imide groups is 2. The summed E-state index contributed by atoms with van der Waals surface area (Å²) in [6.07, 6.45) is -0.590. The number of aliphatic hydroxyl groups is 1. The second-order valence-electron chi connectivity index (χ2n) is 24.5. The van der Waals surface area contributed by atoms with Gasteiger partial charge in [-0.15, -0.1) is 28.6 Å². The molecule has 1 aliphatic carbocycles. The fourth-order valence-electron chi connectivity index (χ4n) is 12.3. The number of aromatic nitrogens is 1. The molecule has 9 N–H and O–H groups in total. The Morgan fingerprint density at radius 2 is 1.41 bits per heavy atom. The number of amides is 11. The third-order valence-electron chi connectivity index (χ3n) is 18.0. The number of thioether (sulfide) groups is 2. The number of carbonyl (C=O) groups excluding carboxylic acids is 14. The van der Waals surface area contributed by atoms with Crippen molar-refractivity contribution in [3.05, 3.63) is 29.3 Å². The van der Waals surface area contributed by atoms with Gasteiger partial charge < -0.3 is 56.8 Å². The van der Waals surface area contributed by atoms with Gasteiger partial charge in [-0.2, -0.15) is 0 Å². The number of hydrogen-bond donors (Lipinski definition) is 9. The topological polar surface area (TPSA) is 403 Å². The van der Waals surface area contributed by atoms with Gasteiger partial charge in [-0.1, -0.05) is 46.6 Å². The second kappa shape index (κ2) is 31.1. The summed E-state index contributed by atoms with van der Waals surface area (Å²) >= 11 is 2.29. The van der Waals surface area contributed by atoms with Crippen molar-refractivity contribution >= 4 is 123 Å². The smallest absolute Gasteiger partial charge is 0.336 e. The lowest BCUT2D eigenvalue weighted by Crippen LogP contribution is -2.59. The highest BCUT2D eigenvalue weighted by Crippen LogP contribution is 2.36. The van der Waals surface area contributed by atoms with Gasteiger partial charge in [-0.25, -0.2) is 4.79 Å². The summed E-state index contributed by atoms with van der Waals surface area (Å²) in [5.41, 5.74) is 1.40. The number of fused-ring (bicyclic) bond motifs is 5. The molecule has 1 aromatic carbocycles. The summed E-state index contributed by atoms with van der Waals surface area (Å²) < 4.78 is 0. The van der Waals surface area contributed by atoms with Crippen molar-refractivity contribution in [1.29, 1.82) is 0 Å². The summed E-state index contributed by atoms with van der Waals surface area (Å²) in [6.45, 7) is 5.30. The molecule has 8 rings (SSSR count). The van der Waals surface area contributed by atoms with Gasteiger partial charge in [0.25, 0.3) is 11.8 Å². The summed E-state index contributed by atoms with van der Waals surface area (Å²) in [5, 5.41) is 37.4. The number of ketones is 2. The van der Waals surface area contributed by atoms with Crippen molar-refractivity contribution in [3.8, 4) is 0 Å². The van der Waals surface area contributed by atoms with Crippen LogP contribution in [0.1, 0.15) is 129 Å². The molecule has 1 saturated carbocycles. The number of hydroxylamine groups is 2. The van der Waals surface area contributed by atoms with E-state index in [1.54, 1.807) is 45.9 Å². The summed E-state index contributed by atoms with van der Waals surface area (Å²) in [6, 6.07) is -1.88. The molecule has 11 amide bonds. The Morgan fingerprint density at radius 1 is 0.747 bits per heavy atom. The molecule has 10 atom stereocenters. The van der Waals surface area contributed by atoms with E-state index < -0.39 is 169 Å². The molecule has 3 saturated heterocycles. The third kappa shape index (κ3) is 17.5. The zero-order chi connectivity index (χ0) is 66.0. The number of aliphatic hydroxyl groups excluding tert-OH is 1. The highest BCUT2D eigenvalue weighted by atomic mass is 32.2. The molecule has 6 heterocycles. The van der Waals surface area contributed by atoms with E-state index in [0.29, 0.717) is 82.8 Å². The number of H-pyrrole nitrogens is 1. The van der Waals surface area contributed by atoms with Crippen LogP contribution in [0.25, 0.3) is 10.9 Å². The number of carbonyl (C=O) groups is 15. The van der Waals surface area contributed by atoms with Crippen LogP contribution in [-0.2, 0) is 89.6 Å². The molecular weight excluding hydrogens is 1220 g/mol. The number of nitrogens with one attached hydrogen (secondary N) is 7. The second-order valence-corrected chi connectivity index (χ2v) is 26.9.